The number of hydrogen-bond acceptors (Lipinski definition) is 1. The fourth-order valence-electron chi connectivity index (χ4n) is 0.698. The Bertz CT molecular complexity index is 296. The van der Waals surface area contributed by atoms with Crippen molar-refractivity contribution in [1.82, 2.24) is 0 Å². The minimum absolute atomic E-state index is 0.183. The van der Waals surface area contributed by atoms with Crippen molar-refractivity contribution in [2.24, 2.45) is 0 Å². The normalized spacial score (nSPS) is 12.5. The zero-order valence-electron chi connectivity index (χ0n) is 5.79. The first-order chi connectivity index (χ1) is 5.25. The summed E-state index contributed by atoms with van der Waals surface area (Å²) in [6, 6.07) is 5.95. The molecule has 0 saturated heterocycles. The summed E-state index contributed by atoms with van der Waals surface area (Å²) in [5.41, 5.74) is 0. The second-order valence-electron chi connectivity index (χ2n) is 1.89. The highest BCUT2D eigenvalue weighted by molar-refractivity contribution is 7.88. The van der Waals surface area contributed by atoms with Crippen molar-refractivity contribution >= 4 is 10.8 Å². The quantitative estimate of drug-likeness (QED) is 0.664. The van der Waals surface area contributed by atoms with E-state index in [0.29, 0.717) is 0 Å². The predicted molar refractivity (Wildman–Crippen MR) is 43.0 cm³/mol. The number of benzene rings is 1. The van der Waals surface area contributed by atoms with E-state index in [4.69, 9.17) is 0 Å². The van der Waals surface area contributed by atoms with E-state index in [0.717, 1.165) is 0 Å². The van der Waals surface area contributed by atoms with Gasteiger partial charge in [0.15, 0.2) is 0 Å². The maximum absolute atomic E-state index is 12.8. The Morgan fingerprint density at radius 3 is 2.64 bits per heavy atom. The molecule has 0 bridgehead atoms. The van der Waals surface area contributed by atoms with Gasteiger partial charge in [-0.2, -0.15) is 0 Å². The van der Waals surface area contributed by atoms with Crippen molar-refractivity contribution in [3.63, 3.8) is 0 Å². The van der Waals surface area contributed by atoms with Crippen LogP contribution in [0.25, 0.3) is 0 Å². The van der Waals surface area contributed by atoms with Gasteiger partial charge in [0, 0.05) is 5.41 Å². The first kappa shape index (κ1) is 8.14. The van der Waals surface area contributed by atoms with Gasteiger partial charge in [0.2, 0.25) is 0 Å². The van der Waals surface area contributed by atoms with Crippen molar-refractivity contribution in [2.75, 3.05) is 0 Å². The third-order valence-corrected chi connectivity index (χ3v) is 2.27. The minimum Gasteiger partial charge on any atom is -0.250 e. The topological polar surface area (TPSA) is 17.1 Å². The fourth-order valence-corrected chi connectivity index (χ4v) is 1.35. The lowest BCUT2D eigenvalue weighted by atomic mass is 10.4. The zero-order chi connectivity index (χ0) is 8.27. The van der Waals surface area contributed by atoms with E-state index in [2.05, 4.69) is 6.58 Å². The molecule has 1 aromatic rings. The van der Waals surface area contributed by atoms with Crippen LogP contribution in [0.3, 0.4) is 0 Å². The zero-order valence-corrected chi connectivity index (χ0v) is 6.60. The molecule has 0 N–H and O–H groups in total. The van der Waals surface area contributed by atoms with Crippen LogP contribution in [0.5, 0.6) is 0 Å². The average molecular weight is 170 g/mol. The smallest absolute Gasteiger partial charge is 0.139 e. The van der Waals surface area contributed by atoms with Crippen molar-refractivity contribution in [3.8, 4) is 0 Å². The summed E-state index contributed by atoms with van der Waals surface area (Å²) >= 11 is 0. The molecule has 0 aliphatic heterocycles. The summed E-state index contributed by atoms with van der Waals surface area (Å²) in [5, 5.41) is 1.21. The second kappa shape index (κ2) is 3.44. The molecule has 0 spiro atoms. The van der Waals surface area contributed by atoms with E-state index < -0.39 is 16.6 Å². The van der Waals surface area contributed by atoms with E-state index in [1.807, 2.05) is 0 Å². The van der Waals surface area contributed by atoms with E-state index in [9.17, 15) is 8.60 Å². The van der Waals surface area contributed by atoms with Gasteiger partial charge in [-0.15, -0.1) is 0 Å². The summed E-state index contributed by atoms with van der Waals surface area (Å²) in [5.74, 6) is -0.453. The van der Waals surface area contributed by atoms with E-state index >= 15 is 0 Å². The molecule has 0 heterocycles. The molecule has 1 unspecified atom stereocenters. The van der Waals surface area contributed by atoms with Crippen molar-refractivity contribution in [3.05, 3.63) is 42.1 Å². The molecular weight excluding hydrogens is 163 g/mol. The van der Waals surface area contributed by atoms with Gasteiger partial charge in [0.25, 0.3) is 0 Å². The van der Waals surface area contributed by atoms with Crippen LogP contribution in [-0.4, -0.2) is 4.21 Å². The molecule has 0 saturated carbocycles. The Balaban J connectivity index is 3.13. The van der Waals surface area contributed by atoms with Crippen LogP contribution in [0, 0.1) is 5.82 Å². The molecule has 0 aliphatic rings. The van der Waals surface area contributed by atoms with Crippen molar-refractivity contribution < 1.29 is 8.60 Å². The molecule has 0 amide bonds. The average Bonchev–Trinajstić information content (AvgIpc) is 2.04. The molecule has 1 nitrogen and oxygen atoms in total. The SMILES string of the molecule is C=CS(=O)c1ccccc1F. The molecule has 11 heavy (non-hydrogen) atoms. The lowest BCUT2D eigenvalue weighted by molar-refractivity contribution is 0.596. The highest BCUT2D eigenvalue weighted by atomic mass is 32.2. The minimum atomic E-state index is -1.41. The van der Waals surface area contributed by atoms with E-state index in [-0.39, 0.29) is 4.90 Å². The molecule has 1 aromatic carbocycles. The fraction of sp³-hybridized carbons (Fsp3) is 0. The molecule has 3 heteroatoms. The first-order valence-corrected chi connectivity index (χ1v) is 4.24. The van der Waals surface area contributed by atoms with Gasteiger partial charge in [0.05, 0.1) is 15.7 Å². The summed E-state index contributed by atoms with van der Waals surface area (Å²) in [6.45, 7) is 3.31. The van der Waals surface area contributed by atoms with Crippen LogP contribution in [0.4, 0.5) is 4.39 Å². The van der Waals surface area contributed by atoms with Crippen molar-refractivity contribution in [1.29, 1.82) is 0 Å². The maximum Gasteiger partial charge on any atom is 0.139 e. The summed E-state index contributed by atoms with van der Waals surface area (Å²) < 4.78 is 23.8. The lowest BCUT2D eigenvalue weighted by Gasteiger charge is -1.96. The van der Waals surface area contributed by atoms with Gasteiger partial charge in [-0.1, -0.05) is 18.7 Å². The van der Waals surface area contributed by atoms with Crippen LogP contribution in [0.15, 0.2) is 41.1 Å². The van der Waals surface area contributed by atoms with Crippen LogP contribution in [0.1, 0.15) is 0 Å². The summed E-state index contributed by atoms with van der Waals surface area (Å²) in [4.78, 5) is 0.183. The van der Waals surface area contributed by atoms with E-state index in [1.54, 1.807) is 12.1 Å². The largest absolute Gasteiger partial charge is 0.250 e. The number of rotatable bonds is 2. The van der Waals surface area contributed by atoms with Crippen LogP contribution in [0.2, 0.25) is 0 Å². The summed E-state index contributed by atoms with van der Waals surface area (Å²) in [6.07, 6.45) is 0. The molecule has 0 aromatic heterocycles. The first-order valence-electron chi connectivity index (χ1n) is 3.03. The third-order valence-electron chi connectivity index (χ3n) is 1.20. The van der Waals surface area contributed by atoms with Gasteiger partial charge >= 0.3 is 0 Å². The maximum atomic E-state index is 12.8. The molecule has 0 aliphatic carbocycles. The second-order valence-corrected chi connectivity index (χ2v) is 3.26. The summed E-state index contributed by atoms with van der Waals surface area (Å²) in [7, 11) is -1.41. The predicted octanol–water partition coefficient (Wildman–Crippen LogP) is 2.08. The Morgan fingerprint density at radius 1 is 1.45 bits per heavy atom. The lowest BCUT2D eigenvalue weighted by Crippen LogP contribution is -1.89. The molecule has 0 fully saturated rings. The van der Waals surface area contributed by atoms with Gasteiger partial charge in [-0.3, -0.25) is 0 Å². The van der Waals surface area contributed by atoms with Crippen LogP contribution in [-0.2, 0) is 10.8 Å². The van der Waals surface area contributed by atoms with E-state index in [1.165, 1.54) is 17.5 Å². The van der Waals surface area contributed by atoms with Gasteiger partial charge in [0.1, 0.15) is 5.82 Å². The highest BCUT2D eigenvalue weighted by Gasteiger charge is 2.03. The molecule has 1 rings (SSSR count). The molecule has 0 radical (unpaired) electrons. The molecule has 58 valence electrons. The monoisotopic (exact) mass is 170 g/mol. The molecular formula is C8H7FOS. The van der Waals surface area contributed by atoms with Gasteiger partial charge in [-0.25, -0.2) is 8.60 Å². The molecule has 1 atom stereocenters. The standard InChI is InChI=1S/C8H7FOS/c1-2-11(10)8-6-4-3-5-7(8)9/h2-6H,1H2. The van der Waals surface area contributed by atoms with Gasteiger partial charge < -0.3 is 0 Å². The number of hydrogen-bond donors (Lipinski definition) is 0. The Kier molecular flexibility index (Phi) is 2.54. The van der Waals surface area contributed by atoms with Crippen molar-refractivity contribution in [2.45, 2.75) is 4.90 Å². The van der Waals surface area contributed by atoms with Crippen LogP contribution >= 0.6 is 0 Å². The third kappa shape index (κ3) is 1.74. The highest BCUT2D eigenvalue weighted by Crippen LogP contribution is 2.11. The Morgan fingerprint density at radius 2 is 2.09 bits per heavy atom. The van der Waals surface area contributed by atoms with Crippen LogP contribution < -0.4 is 0 Å². The number of halogens is 1. The Labute approximate surface area is 67.0 Å². The Hall–Kier alpha value is -0.960. The van der Waals surface area contributed by atoms with Gasteiger partial charge in [-0.05, 0) is 12.1 Å².